The Morgan fingerprint density at radius 2 is 1.20 bits per heavy atom. The number of amides is 4. The molecule has 0 heterocycles. The molecule has 0 aliphatic heterocycles. The normalized spacial score (nSPS) is 11.9. The summed E-state index contributed by atoms with van der Waals surface area (Å²) in [6, 6.07) is 5.12. The summed E-state index contributed by atoms with van der Waals surface area (Å²) in [4.78, 5) is 94.0. The van der Waals surface area contributed by atoms with Crippen LogP contribution < -0.4 is 21.7 Å². The maximum atomic E-state index is 12.2. The Labute approximate surface area is 326 Å². The molecule has 1 rings (SSSR count). The Kier molecular flexibility index (Phi) is 26.8. The third kappa shape index (κ3) is 26.1. The topological polar surface area (TPSA) is 276 Å². The molecule has 0 saturated carbocycles. The molecule has 56 heavy (non-hydrogen) atoms. The zero-order chi connectivity index (χ0) is 41.6. The van der Waals surface area contributed by atoms with Gasteiger partial charge in [-0.15, -0.1) is 0 Å². The number of hydrogen-bond donors (Lipinski definition) is 6. The van der Waals surface area contributed by atoms with Gasteiger partial charge in [-0.2, -0.15) is 0 Å². The average molecular weight is 795 g/mol. The van der Waals surface area contributed by atoms with E-state index in [0.717, 1.165) is 5.56 Å². The summed E-state index contributed by atoms with van der Waals surface area (Å²) in [5.74, 6) is -4.54. The fraction of sp³-hybridized carbons (Fsp3) is 0.632. The van der Waals surface area contributed by atoms with E-state index in [4.69, 9.17) is 29.8 Å². The second kappa shape index (κ2) is 30.4. The Balaban J connectivity index is 2.00. The number of benzene rings is 1. The van der Waals surface area contributed by atoms with Gasteiger partial charge in [0.05, 0.1) is 26.4 Å². The summed E-state index contributed by atoms with van der Waals surface area (Å²) in [5.41, 5.74) is 7.05. The van der Waals surface area contributed by atoms with Crippen molar-refractivity contribution in [2.45, 2.75) is 96.1 Å². The van der Waals surface area contributed by atoms with Crippen LogP contribution in [0.5, 0.6) is 0 Å². The zero-order valence-corrected chi connectivity index (χ0v) is 32.2. The van der Waals surface area contributed by atoms with Gasteiger partial charge >= 0.3 is 11.9 Å². The van der Waals surface area contributed by atoms with E-state index in [2.05, 4.69) is 16.0 Å². The van der Waals surface area contributed by atoms with Crippen LogP contribution in [0.1, 0.15) is 93.0 Å². The highest BCUT2D eigenvalue weighted by Crippen LogP contribution is 2.07. The average Bonchev–Trinajstić information content (AvgIpc) is 3.14. The highest BCUT2D eigenvalue weighted by molar-refractivity contribution is 5.94. The number of primary amides is 1. The number of unbranched alkanes of at least 4 members (excludes halogenated alkanes) is 1. The van der Waals surface area contributed by atoms with Crippen molar-refractivity contribution >= 4 is 47.1 Å². The molecular weight excluding hydrogens is 736 g/mol. The molecule has 1 aromatic rings. The van der Waals surface area contributed by atoms with E-state index in [-0.39, 0.29) is 109 Å². The van der Waals surface area contributed by atoms with Crippen LogP contribution in [-0.2, 0) is 52.5 Å². The van der Waals surface area contributed by atoms with Crippen molar-refractivity contribution in [3.05, 3.63) is 35.4 Å². The Hall–Kier alpha value is -4.78. The fourth-order valence-corrected chi connectivity index (χ4v) is 4.96. The third-order valence-electron chi connectivity index (χ3n) is 8.07. The molecular formula is C38H58N4O14. The molecule has 2 atom stereocenters. The van der Waals surface area contributed by atoms with E-state index in [9.17, 15) is 43.5 Å². The van der Waals surface area contributed by atoms with Crippen LogP contribution in [-0.4, -0.2) is 129 Å². The number of carbonyl (C=O) groups excluding carboxylic acids is 6. The van der Waals surface area contributed by atoms with E-state index < -0.39 is 41.7 Å². The Morgan fingerprint density at radius 1 is 0.607 bits per heavy atom. The van der Waals surface area contributed by atoms with E-state index in [1.807, 2.05) is 19.1 Å². The van der Waals surface area contributed by atoms with Crippen molar-refractivity contribution in [3.63, 3.8) is 0 Å². The van der Waals surface area contributed by atoms with Crippen molar-refractivity contribution in [1.82, 2.24) is 16.0 Å². The number of hydrogen-bond acceptors (Lipinski definition) is 12. The molecule has 4 amide bonds. The number of carboxylic acid groups (broad SMARTS) is 2. The van der Waals surface area contributed by atoms with Crippen molar-refractivity contribution < 1.29 is 67.5 Å². The first-order valence-electron chi connectivity index (χ1n) is 18.8. The number of aryl methyl sites for hydroxylation is 1. The van der Waals surface area contributed by atoms with Crippen LogP contribution in [0, 0.1) is 6.92 Å². The first kappa shape index (κ1) is 49.2. The van der Waals surface area contributed by atoms with Gasteiger partial charge < -0.3 is 50.8 Å². The molecule has 0 fully saturated rings. The lowest BCUT2D eigenvalue weighted by atomic mass is 10.1. The maximum Gasteiger partial charge on any atom is 0.326 e. The van der Waals surface area contributed by atoms with Gasteiger partial charge in [-0.25, -0.2) is 4.79 Å². The van der Waals surface area contributed by atoms with Crippen LogP contribution in [0.25, 0.3) is 0 Å². The lowest BCUT2D eigenvalue weighted by molar-refractivity contribution is -0.142. The van der Waals surface area contributed by atoms with Crippen LogP contribution in [0.4, 0.5) is 0 Å². The molecule has 0 saturated heterocycles. The predicted molar refractivity (Wildman–Crippen MR) is 201 cm³/mol. The minimum absolute atomic E-state index is 0.0437. The smallest absolute Gasteiger partial charge is 0.326 e. The molecule has 18 heteroatoms. The molecule has 0 aliphatic carbocycles. The molecule has 18 nitrogen and oxygen atoms in total. The quantitative estimate of drug-likeness (QED) is 0.0528. The SMILES string of the molecule is Cc1ccc(C(=O)NCCCC[C@H](NC(=O)COCCOCCCC(=O)COCCOCCCC(=O)CC[C@H](NC(=O)CCCC(=O)O)C(=O)O)C(N)=O)cc1. The fourth-order valence-electron chi connectivity index (χ4n) is 4.96. The van der Waals surface area contributed by atoms with Crippen molar-refractivity contribution in [2.24, 2.45) is 5.73 Å². The van der Waals surface area contributed by atoms with Crippen LogP contribution in [0.15, 0.2) is 24.3 Å². The maximum absolute atomic E-state index is 12.2. The van der Waals surface area contributed by atoms with E-state index in [0.29, 0.717) is 50.8 Å². The van der Waals surface area contributed by atoms with Crippen molar-refractivity contribution in [1.29, 1.82) is 0 Å². The molecule has 0 radical (unpaired) electrons. The molecule has 0 bridgehead atoms. The minimum Gasteiger partial charge on any atom is -0.481 e. The van der Waals surface area contributed by atoms with Crippen LogP contribution in [0.2, 0.25) is 0 Å². The second-order valence-corrected chi connectivity index (χ2v) is 13.0. The first-order chi connectivity index (χ1) is 26.8. The Bertz CT molecular complexity index is 1390. The van der Waals surface area contributed by atoms with Gasteiger partial charge in [0.25, 0.3) is 5.91 Å². The van der Waals surface area contributed by atoms with Gasteiger partial charge in [-0.3, -0.25) is 33.6 Å². The lowest BCUT2D eigenvalue weighted by Crippen LogP contribution is -2.45. The summed E-state index contributed by atoms with van der Waals surface area (Å²) >= 11 is 0. The molecule has 0 unspecified atom stereocenters. The van der Waals surface area contributed by atoms with Crippen molar-refractivity contribution in [3.8, 4) is 0 Å². The molecule has 0 aromatic heterocycles. The Morgan fingerprint density at radius 3 is 1.80 bits per heavy atom. The van der Waals surface area contributed by atoms with Gasteiger partial charge in [0.2, 0.25) is 17.7 Å². The number of ether oxygens (including phenoxy) is 4. The predicted octanol–water partition coefficient (Wildman–Crippen LogP) is 1.23. The summed E-state index contributed by atoms with van der Waals surface area (Å²) in [7, 11) is 0. The van der Waals surface area contributed by atoms with Gasteiger partial charge in [-0.1, -0.05) is 17.7 Å². The van der Waals surface area contributed by atoms with Gasteiger partial charge in [0.15, 0.2) is 5.78 Å². The largest absolute Gasteiger partial charge is 0.481 e. The zero-order valence-electron chi connectivity index (χ0n) is 32.2. The van der Waals surface area contributed by atoms with Crippen molar-refractivity contribution in [2.75, 3.05) is 59.4 Å². The monoisotopic (exact) mass is 794 g/mol. The molecule has 0 aliphatic rings. The minimum atomic E-state index is -1.27. The first-order valence-corrected chi connectivity index (χ1v) is 18.8. The number of carboxylic acids is 2. The molecule has 0 spiro atoms. The number of Topliss-reactive ketones (excluding diaryl/α,β-unsaturated/α-hetero) is 2. The highest BCUT2D eigenvalue weighted by atomic mass is 16.5. The van der Waals surface area contributed by atoms with Gasteiger partial charge in [-0.05, 0) is 64.0 Å². The highest BCUT2D eigenvalue weighted by Gasteiger charge is 2.21. The van der Waals surface area contributed by atoms with E-state index in [1.165, 1.54) is 0 Å². The van der Waals surface area contributed by atoms with E-state index >= 15 is 0 Å². The summed E-state index contributed by atoms with van der Waals surface area (Å²) in [5, 5.41) is 25.6. The van der Waals surface area contributed by atoms with Gasteiger partial charge in [0.1, 0.15) is 31.1 Å². The number of nitrogens with one attached hydrogen (secondary N) is 3. The van der Waals surface area contributed by atoms with Crippen LogP contribution in [0.3, 0.4) is 0 Å². The number of aliphatic carboxylic acids is 2. The third-order valence-corrected chi connectivity index (χ3v) is 8.07. The second-order valence-electron chi connectivity index (χ2n) is 13.0. The number of rotatable bonds is 35. The summed E-state index contributed by atoms with van der Waals surface area (Å²) in [6.07, 6.45) is 2.41. The molecule has 1 aromatic carbocycles. The number of ketones is 2. The van der Waals surface area contributed by atoms with E-state index in [1.54, 1.807) is 12.1 Å². The number of carbonyl (C=O) groups is 8. The standard InChI is InChI=1S/C38H58N4O14/c1-27-12-14-28(15-13-27)37(50)40-18-3-2-9-31(36(39)49)41-34(46)26-56-24-22-54-20-6-8-30(44)25-55-23-21-53-19-5-7-29(43)16-17-32(38(51)52)42-33(45)10-4-11-35(47)48/h12-15,31-32H,2-11,16-26H2,1H3,(H2,39,49)(H,40,50)(H,41,46)(H,42,45)(H,47,48)(H,51,52)/t31-,32-/m0/s1. The summed E-state index contributed by atoms with van der Waals surface area (Å²) in [6.45, 7) is 3.29. The number of nitrogens with two attached hydrogens (primary N) is 1. The molecule has 7 N–H and O–H groups in total. The molecule has 314 valence electrons. The van der Waals surface area contributed by atoms with Crippen LogP contribution >= 0.6 is 0 Å². The van der Waals surface area contributed by atoms with Gasteiger partial charge in [0, 0.05) is 57.4 Å². The lowest BCUT2D eigenvalue weighted by Gasteiger charge is -2.15. The summed E-state index contributed by atoms with van der Waals surface area (Å²) < 4.78 is 21.4.